The second kappa shape index (κ2) is 8.75. The van der Waals surface area contributed by atoms with Gasteiger partial charge in [0.15, 0.2) is 0 Å². The van der Waals surface area contributed by atoms with Gasteiger partial charge in [0.25, 0.3) is 0 Å². The monoisotopic (exact) mass is 402 g/mol. The molecule has 0 nitrogen and oxygen atoms in total. The summed E-state index contributed by atoms with van der Waals surface area (Å²) in [6, 6.07) is 24.2. The Morgan fingerprint density at radius 2 is 1.40 bits per heavy atom. The Balaban J connectivity index is 2.08. The summed E-state index contributed by atoms with van der Waals surface area (Å²) in [6.07, 6.45) is 3.73. The van der Waals surface area contributed by atoms with E-state index in [1.807, 2.05) is 73.7 Å². The number of halogens is 1. The van der Waals surface area contributed by atoms with E-state index < -0.39 is 0 Å². The van der Waals surface area contributed by atoms with Gasteiger partial charge in [-0.25, -0.2) is 0 Å². The molecule has 0 spiro atoms. The first-order valence-corrected chi connectivity index (χ1v) is 10.1. The van der Waals surface area contributed by atoms with E-state index in [1.165, 1.54) is 0 Å². The van der Waals surface area contributed by atoms with Crippen molar-refractivity contribution in [2.24, 2.45) is 0 Å². The van der Waals surface area contributed by atoms with Crippen LogP contribution in [0.1, 0.15) is 23.6 Å². The quantitative estimate of drug-likeness (QED) is 0.175. The lowest BCUT2D eigenvalue weighted by Gasteiger charge is -2.11. The first-order valence-electron chi connectivity index (χ1n) is 9.73. The van der Waals surface area contributed by atoms with Crippen molar-refractivity contribution in [1.29, 1.82) is 0 Å². The van der Waals surface area contributed by atoms with Gasteiger partial charge in [-0.2, -0.15) is 0 Å². The number of fused-ring (bicyclic) bond motifs is 2. The van der Waals surface area contributed by atoms with Crippen LogP contribution in [-0.4, -0.2) is 0 Å². The molecule has 0 bridgehead atoms. The van der Waals surface area contributed by atoms with Gasteiger partial charge in [0, 0.05) is 32.7 Å². The summed E-state index contributed by atoms with van der Waals surface area (Å²) in [5, 5.41) is 4.88. The van der Waals surface area contributed by atoms with E-state index >= 15 is 0 Å². The minimum Gasteiger partial charge on any atom is -0.0978 e. The van der Waals surface area contributed by atoms with Crippen molar-refractivity contribution < 1.29 is 0 Å². The van der Waals surface area contributed by atoms with Gasteiger partial charge in [0.2, 0.25) is 0 Å². The highest BCUT2D eigenvalue weighted by Crippen LogP contribution is 2.33. The van der Waals surface area contributed by atoms with Gasteiger partial charge >= 0.3 is 0 Å². The molecule has 0 fully saturated rings. The van der Waals surface area contributed by atoms with E-state index in [9.17, 15) is 0 Å². The van der Waals surface area contributed by atoms with Gasteiger partial charge in [-0.15, -0.1) is 0 Å². The van der Waals surface area contributed by atoms with Crippen molar-refractivity contribution >= 4 is 33.1 Å². The standard InChI is InChI=1S/C29H19Cl/c1-3-21(4-2)14-17-26-24-12-8-9-13-25(24)27(18-15-22-10-6-5-7-11-22)29-20-23(30)16-19-28(26)29/h3-13,16,19-20H,1H2,2H3. The van der Waals surface area contributed by atoms with Crippen molar-refractivity contribution in [2.75, 3.05) is 0 Å². The van der Waals surface area contributed by atoms with Crippen molar-refractivity contribution in [1.82, 2.24) is 0 Å². The maximum atomic E-state index is 6.38. The molecule has 0 aliphatic carbocycles. The summed E-state index contributed by atoms with van der Waals surface area (Å²) in [5.41, 5.74) is 3.81. The average molecular weight is 403 g/mol. The summed E-state index contributed by atoms with van der Waals surface area (Å²) >= 11 is 6.38. The van der Waals surface area contributed by atoms with Crippen LogP contribution in [-0.2, 0) is 0 Å². The van der Waals surface area contributed by atoms with Crippen molar-refractivity contribution in [3.8, 4) is 23.7 Å². The van der Waals surface area contributed by atoms with E-state index in [-0.39, 0.29) is 0 Å². The molecular weight excluding hydrogens is 384 g/mol. The van der Waals surface area contributed by atoms with Gasteiger partial charge in [-0.3, -0.25) is 0 Å². The fraction of sp³-hybridized carbons (Fsp3) is 0.0345. The molecule has 0 radical (unpaired) electrons. The Hall–Kier alpha value is -3.71. The van der Waals surface area contributed by atoms with Gasteiger partial charge in [-0.05, 0) is 47.3 Å². The van der Waals surface area contributed by atoms with Gasteiger partial charge < -0.3 is 0 Å². The van der Waals surface area contributed by atoms with Crippen LogP contribution in [0.3, 0.4) is 0 Å². The Labute approximate surface area is 182 Å². The average Bonchev–Trinajstić information content (AvgIpc) is 2.79. The number of rotatable bonds is 1. The van der Waals surface area contributed by atoms with Gasteiger partial charge in [0.1, 0.15) is 0 Å². The van der Waals surface area contributed by atoms with Crippen LogP contribution in [0, 0.1) is 23.7 Å². The molecule has 4 rings (SSSR count). The van der Waals surface area contributed by atoms with Gasteiger partial charge in [0.05, 0.1) is 0 Å². The highest BCUT2D eigenvalue weighted by Gasteiger charge is 2.12. The molecule has 0 aliphatic heterocycles. The summed E-state index contributed by atoms with van der Waals surface area (Å²) in [7, 11) is 0. The maximum absolute atomic E-state index is 6.38. The highest BCUT2D eigenvalue weighted by atomic mass is 35.5. The number of hydrogen-bond acceptors (Lipinski definition) is 0. The molecule has 1 heteroatoms. The summed E-state index contributed by atoms with van der Waals surface area (Å²) < 4.78 is 0. The van der Waals surface area contributed by atoms with E-state index in [0.717, 1.165) is 43.8 Å². The molecular formula is C29H19Cl. The van der Waals surface area contributed by atoms with E-state index in [4.69, 9.17) is 11.6 Å². The first-order chi connectivity index (χ1) is 14.7. The zero-order valence-corrected chi connectivity index (χ0v) is 17.4. The molecule has 0 saturated carbocycles. The van der Waals surface area contributed by atoms with Crippen molar-refractivity contribution in [3.63, 3.8) is 0 Å². The van der Waals surface area contributed by atoms with Crippen LogP contribution in [0.4, 0.5) is 0 Å². The largest absolute Gasteiger partial charge is 0.0978 e. The Morgan fingerprint density at radius 1 is 0.767 bits per heavy atom. The number of benzene rings is 4. The van der Waals surface area contributed by atoms with Crippen molar-refractivity contribution in [3.05, 3.63) is 119 Å². The van der Waals surface area contributed by atoms with Crippen LogP contribution in [0.2, 0.25) is 5.02 Å². The zero-order valence-electron chi connectivity index (χ0n) is 16.7. The fourth-order valence-electron chi connectivity index (χ4n) is 3.45. The Kier molecular flexibility index (Phi) is 5.72. The minimum absolute atomic E-state index is 0.680. The second-order valence-electron chi connectivity index (χ2n) is 6.80. The molecule has 0 heterocycles. The van der Waals surface area contributed by atoms with Crippen LogP contribution >= 0.6 is 11.6 Å². The predicted molar refractivity (Wildman–Crippen MR) is 130 cm³/mol. The summed E-state index contributed by atoms with van der Waals surface area (Å²) in [4.78, 5) is 0. The van der Waals surface area contributed by atoms with Crippen molar-refractivity contribution in [2.45, 2.75) is 6.92 Å². The molecule has 4 aromatic rings. The normalized spacial score (nSPS) is 10.8. The van der Waals surface area contributed by atoms with E-state index in [1.54, 1.807) is 6.08 Å². The smallest absolute Gasteiger partial charge is 0.0412 e. The van der Waals surface area contributed by atoms with Crippen LogP contribution in [0.5, 0.6) is 0 Å². The third-order valence-corrected chi connectivity index (χ3v) is 5.19. The van der Waals surface area contributed by atoms with Crippen LogP contribution in [0.15, 0.2) is 97.1 Å². The number of allylic oxidation sites excluding steroid dienone is 3. The molecule has 0 amide bonds. The summed E-state index contributed by atoms with van der Waals surface area (Å²) in [5.74, 6) is 13.3. The fourth-order valence-corrected chi connectivity index (χ4v) is 3.62. The lowest BCUT2D eigenvalue weighted by molar-refractivity contribution is 1.64. The molecule has 30 heavy (non-hydrogen) atoms. The molecule has 142 valence electrons. The molecule has 0 aliphatic rings. The number of hydrogen-bond donors (Lipinski definition) is 0. The Morgan fingerprint density at radius 3 is 2.07 bits per heavy atom. The maximum Gasteiger partial charge on any atom is 0.0412 e. The predicted octanol–water partition coefficient (Wildman–Crippen LogP) is 7.53. The molecule has 0 aromatic heterocycles. The van der Waals surface area contributed by atoms with Crippen LogP contribution in [0.25, 0.3) is 21.5 Å². The van der Waals surface area contributed by atoms with E-state index in [0.29, 0.717) is 5.02 Å². The highest BCUT2D eigenvalue weighted by molar-refractivity contribution is 6.31. The lowest BCUT2D eigenvalue weighted by atomic mass is 9.91. The first kappa shape index (κ1) is 19.6. The minimum atomic E-state index is 0.680. The topological polar surface area (TPSA) is 0 Å². The third kappa shape index (κ3) is 3.88. The molecule has 0 unspecified atom stereocenters. The molecule has 0 saturated heterocycles. The Bertz CT molecular complexity index is 1420. The van der Waals surface area contributed by atoms with Crippen LogP contribution < -0.4 is 0 Å². The third-order valence-electron chi connectivity index (χ3n) is 4.95. The lowest BCUT2D eigenvalue weighted by Crippen LogP contribution is -1.91. The molecule has 0 N–H and O–H groups in total. The van der Waals surface area contributed by atoms with Gasteiger partial charge in [-0.1, -0.05) is 103 Å². The summed E-state index contributed by atoms with van der Waals surface area (Å²) in [6.45, 7) is 5.80. The molecule has 0 atom stereocenters. The second-order valence-corrected chi connectivity index (χ2v) is 7.24. The molecule has 4 aromatic carbocycles. The zero-order chi connectivity index (χ0) is 20.9. The van der Waals surface area contributed by atoms with E-state index in [2.05, 4.69) is 42.4 Å². The SMILES string of the molecule is C=CC(C#Cc1c2ccccc2c(C#Cc2ccccc2)c2cc(Cl)ccc12)=CC.